The molecule has 1 aliphatic rings. The Hall–Kier alpha value is -2.80. The minimum Gasteiger partial charge on any atom is -0.491 e. The van der Waals surface area contributed by atoms with Crippen LogP contribution in [0.4, 0.5) is 17.1 Å². The zero-order valence-electron chi connectivity index (χ0n) is 16.7. The summed E-state index contributed by atoms with van der Waals surface area (Å²) in [4.78, 5) is 13.4. The van der Waals surface area contributed by atoms with Crippen LogP contribution in [0.3, 0.4) is 0 Å². The number of ether oxygens (including phenoxy) is 1. The Bertz CT molecular complexity index is 817. The summed E-state index contributed by atoms with van der Waals surface area (Å²) in [5.74, 6) is 0.833. The summed E-state index contributed by atoms with van der Waals surface area (Å²) < 4.78 is 5.79. The number of para-hydroxylation sites is 1. The SMILES string of the molecule is Cc1ccccc1OCCNc1cc(N2C[C@H](C)[NH2+][C@@H](C)C2)ccc1[N+](=O)[O-]. The standard InChI is InChI=1S/C21H28N4O3/c1-15-6-4-5-7-21(15)28-11-10-22-19-12-18(8-9-20(19)25(26)27)24-13-16(2)23-17(3)14-24/h4-9,12,16-17,22-23H,10-11,13-14H2,1-3H3/p+1/t16-,17-/m0/s1. The van der Waals surface area contributed by atoms with E-state index >= 15 is 0 Å². The highest BCUT2D eigenvalue weighted by Gasteiger charge is 2.26. The van der Waals surface area contributed by atoms with Gasteiger partial charge < -0.3 is 20.3 Å². The minimum atomic E-state index is -0.344. The molecule has 1 saturated heterocycles. The lowest BCUT2D eigenvalue weighted by molar-refractivity contribution is -0.716. The summed E-state index contributed by atoms with van der Waals surface area (Å²) in [5.41, 5.74) is 2.70. The molecule has 3 N–H and O–H groups in total. The van der Waals surface area contributed by atoms with Crippen LogP contribution in [0.2, 0.25) is 0 Å². The second-order valence-corrected chi connectivity index (χ2v) is 7.55. The molecule has 0 radical (unpaired) electrons. The van der Waals surface area contributed by atoms with Gasteiger partial charge in [-0.1, -0.05) is 18.2 Å². The molecule has 28 heavy (non-hydrogen) atoms. The molecule has 3 rings (SSSR count). The first-order valence-electron chi connectivity index (χ1n) is 9.74. The third-order valence-corrected chi connectivity index (χ3v) is 4.98. The Morgan fingerprint density at radius 2 is 1.93 bits per heavy atom. The molecule has 0 bridgehead atoms. The van der Waals surface area contributed by atoms with Gasteiger partial charge in [0, 0.05) is 18.3 Å². The Kier molecular flexibility index (Phi) is 6.36. The highest BCUT2D eigenvalue weighted by atomic mass is 16.6. The van der Waals surface area contributed by atoms with Crippen LogP contribution in [0.5, 0.6) is 5.75 Å². The topological polar surface area (TPSA) is 84.2 Å². The van der Waals surface area contributed by atoms with Gasteiger partial charge in [-0.05, 0) is 44.5 Å². The number of nitrogens with one attached hydrogen (secondary N) is 1. The van der Waals surface area contributed by atoms with Gasteiger partial charge in [0.2, 0.25) is 0 Å². The molecule has 2 aromatic carbocycles. The average molecular weight is 385 g/mol. The Morgan fingerprint density at radius 3 is 2.61 bits per heavy atom. The zero-order valence-corrected chi connectivity index (χ0v) is 16.7. The maximum absolute atomic E-state index is 11.4. The van der Waals surface area contributed by atoms with Crippen molar-refractivity contribution >= 4 is 17.1 Å². The normalized spacial score (nSPS) is 19.3. The van der Waals surface area contributed by atoms with Gasteiger partial charge in [-0.25, -0.2) is 0 Å². The van der Waals surface area contributed by atoms with E-state index in [-0.39, 0.29) is 10.6 Å². The summed E-state index contributed by atoms with van der Waals surface area (Å²) in [6.45, 7) is 9.18. The summed E-state index contributed by atoms with van der Waals surface area (Å²) in [6, 6.07) is 14.1. The lowest BCUT2D eigenvalue weighted by Gasteiger charge is -2.35. The Morgan fingerprint density at radius 1 is 1.21 bits per heavy atom. The molecule has 0 spiro atoms. The molecular weight excluding hydrogens is 356 g/mol. The van der Waals surface area contributed by atoms with Crippen LogP contribution in [0, 0.1) is 17.0 Å². The Labute approximate surface area is 165 Å². The van der Waals surface area contributed by atoms with Crippen LogP contribution in [0.15, 0.2) is 42.5 Å². The molecule has 0 aromatic heterocycles. The maximum atomic E-state index is 11.4. The van der Waals surface area contributed by atoms with E-state index in [1.807, 2.05) is 43.3 Å². The summed E-state index contributed by atoms with van der Waals surface area (Å²) in [7, 11) is 0. The van der Waals surface area contributed by atoms with Crippen LogP contribution >= 0.6 is 0 Å². The number of hydrogen-bond acceptors (Lipinski definition) is 5. The number of nitrogens with two attached hydrogens (primary N) is 1. The van der Waals surface area contributed by atoms with E-state index in [9.17, 15) is 10.1 Å². The summed E-state index contributed by atoms with van der Waals surface area (Å²) in [6.07, 6.45) is 0. The Balaban J connectivity index is 1.68. The van der Waals surface area contributed by atoms with Crippen LogP contribution in [-0.4, -0.2) is 43.2 Å². The van der Waals surface area contributed by atoms with Gasteiger partial charge in [0.15, 0.2) is 0 Å². The third-order valence-electron chi connectivity index (χ3n) is 4.98. The van der Waals surface area contributed by atoms with Gasteiger partial charge in [0.05, 0.1) is 18.0 Å². The van der Waals surface area contributed by atoms with Crippen molar-refractivity contribution in [2.75, 3.05) is 36.5 Å². The predicted molar refractivity (Wildman–Crippen MR) is 111 cm³/mol. The predicted octanol–water partition coefficient (Wildman–Crippen LogP) is 2.55. The monoisotopic (exact) mass is 385 g/mol. The summed E-state index contributed by atoms with van der Waals surface area (Å²) in [5, 5.41) is 17.0. The largest absolute Gasteiger partial charge is 0.491 e. The maximum Gasteiger partial charge on any atom is 0.292 e. The highest BCUT2D eigenvalue weighted by Crippen LogP contribution is 2.30. The molecule has 2 atom stereocenters. The number of quaternary nitrogens is 1. The van der Waals surface area contributed by atoms with E-state index in [1.165, 1.54) is 0 Å². The molecule has 1 fully saturated rings. The number of hydrogen-bond donors (Lipinski definition) is 2. The van der Waals surface area contributed by atoms with Crippen molar-refractivity contribution in [2.45, 2.75) is 32.9 Å². The van der Waals surface area contributed by atoms with Crippen LogP contribution in [0.25, 0.3) is 0 Å². The van der Waals surface area contributed by atoms with Gasteiger partial charge in [-0.15, -0.1) is 0 Å². The van der Waals surface area contributed by atoms with E-state index in [1.54, 1.807) is 6.07 Å². The number of nitro benzene ring substituents is 1. The van der Waals surface area contributed by atoms with E-state index in [0.29, 0.717) is 30.9 Å². The van der Waals surface area contributed by atoms with Gasteiger partial charge in [0.25, 0.3) is 5.69 Å². The molecule has 150 valence electrons. The van der Waals surface area contributed by atoms with Crippen molar-refractivity contribution < 1.29 is 15.0 Å². The van der Waals surface area contributed by atoms with Gasteiger partial charge in [0.1, 0.15) is 30.1 Å². The van der Waals surface area contributed by atoms with E-state index in [0.717, 1.165) is 30.1 Å². The van der Waals surface area contributed by atoms with Gasteiger partial charge in [-0.3, -0.25) is 10.1 Å². The molecule has 0 aliphatic carbocycles. The number of benzene rings is 2. The van der Waals surface area contributed by atoms with Crippen molar-refractivity contribution in [3.05, 3.63) is 58.1 Å². The number of aryl methyl sites for hydroxylation is 1. The fourth-order valence-electron chi connectivity index (χ4n) is 3.75. The highest BCUT2D eigenvalue weighted by molar-refractivity contribution is 5.69. The lowest BCUT2D eigenvalue weighted by atomic mass is 10.1. The van der Waals surface area contributed by atoms with Crippen LogP contribution < -0.4 is 20.3 Å². The summed E-state index contributed by atoms with van der Waals surface area (Å²) >= 11 is 0. The van der Waals surface area contributed by atoms with Crippen molar-refractivity contribution in [1.29, 1.82) is 0 Å². The molecule has 1 aliphatic heterocycles. The fraction of sp³-hybridized carbons (Fsp3) is 0.429. The van der Waals surface area contributed by atoms with Crippen molar-refractivity contribution in [1.82, 2.24) is 0 Å². The molecule has 1 heterocycles. The molecule has 0 saturated carbocycles. The first-order chi connectivity index (χ1) is 13.4. The third kappa shape index (κ3) is 4.92. The van der Waals surface area contributed by atoms with Crippen LogP contribution in [-0.2, 0) is 0 Å². The minimum absolute atomic E-state index is 0.0873. The zero-order chi connectivity index (χ0) is 20.1. The van der Waals surface area contributed by atoms with E-state index in [4.69, 9.17) is 4.74 Å². The molecule has 2 aromatic rings. The van der Waals surface area contributed by atoms with E-state index in [2.05, 4.69) is 29.4 Å². The second kappa shape index (κ2) is 8.93. The van der Waals surface area contributed by atoms with E-state index < -0.39 is 0 Å². The number of nitro groups is 1. The van der Waals surface area contributed by atoms with Crippen LogP contribution in [0.1, 0.15) is 19.4 Å². The number of piperazine rings is 1. The van der Waals surface area contributed by atoms with Crippen molar-refractivity contribution in [2.24, 2.45) is 0 Å². The van der Waals surface area contributed by atoms with Crippen molar-refractivity contribution in [3.63, 3.8) is 0 Å². The fourth-order valence-corrected chi connectivity index (χ4v) is 3.75. The molecular formula is C21H29N4O3+. The lowest BCUT2D eigenvalue weighted by Crippen LogP contribution is -2.99. The average Bonchev–Trinajstić information content (AvgIpc) is 2.65. The number of rotatable bonds is 7. The molecule has 7 nitrogen and oxygen atoms in total. The smallest absolute Gasteiger partial charge is 0.292 e. The molecule has 0 unspecified atom stereocenters. The van der Waals surface area contributed by atoms with Crippen molar-refractivity contribution in [3.8, 4) is 5.75 Å². The first kappa shape index (κ1) is 19.9. The number of anilines is 2. The number of nitrogens with zero attached hydrogens (tertiary/aromatic N) is 2. The van der Waals surface area contributed by atoms with Gasteiger partial charge in [-0.2, -0.15) is 0 Å². The molecule has 0 amide bonds. The molecule has 7 heteroatoms. The second-order valence-electron chi connectivity index (χ2n) is 7.55. The quantitative estimate of drug-likeness (QED) is 0.435. The first-order valence-corrected chi connectivity index (χ1v) is 9.74. The van der Waals surface area contributed by atoms with Gasteiger partial charge >= 0.3 is 0 Å².